The lowest BCUT2D eigenvalue weighted by Crippen LogP contribution is -2.18. The molecule has 66 valence electrons. The number of unbranched alkanes of at least 4 members (excludes halogenated alkanes) is 1. The molecule has 0 saturated carbocycles. The highest BCUT2D eigenvalue weighted by Gasteiger charge is 2.20. The van der Waals surface area contributed by atoms with E-state index in [0.29, 0.717) is 5.41 Å². The Kier molecular flexibility index (Phi) is 4.48. The van der Waals surface area contributed by atoms with Crippen LogP contribution < -0.4 is 0 Å². The fraction of sp³-hybridized carbons (Fsp3) is 0.818. The zero-order valence-electron chi connectivity index (χ0n) is 8.48. The molecule has 0 aliphatic carbocycles. The maximum absolute atomic E-state index is 3.86. The summed E-state index contributed by atoms with van der Waals surface area (Å²) in [5.41, 5.74) is 0.315. The molecule has 0 aromatic rings. The standard InChI is InChI=1S/C11H22/c1-6-8-9-10(3)11(4,5)7-2/h7,10H,2,6,8-9H2,1,3-5H3. The molecule has 0 heteroatoms. The van der Waals surface area contributed by atoms with Crippen molar-refractivity contribution >= 4 is 0 Å². The van der Waals surface area contributed by atoms with E-state index in [2.05, 4.69) is 40.3 Å². The van der Waals surface area contributed by atoms with E-state index >= 15 is 0 Å². The van der Waals surface area contributed by atoms with Crippen molar-refractivity contribution in [2.24, 2.45) is 11.3 Å². The van der Waals surface area contributed by atoms with Gasteiger partial charge in [0.1, 0.15) is 0 Å². The molecule has 0 amide bonds. The van der Waals surface area contributed by atoms with Crippen molar-refractivity contribution in [2.75, 3.05) is 0 Å². The van der Waals surface area contributed by atoms with Crippen molar-refractivity contribution < 1.29 is 0 Å². The zero-order valence-corrected chi connectivity index (χ0v) is 8.48. The number of hydrogen-bond donors (Lipinski definition) is 0. The Labute approximate surface area is 71.7 Å². The van der Waals surface area contributed by atoms with Crippen LogP contribution in [0.5, 0.6) is 0 Å². The van der Waals surface area contributed by atoms with Crippen molar-refractivity contribution in [3.8, 4) is 0 Å². The summed E-state index contributed by atoms with van der Waals surface area (Å²) in [7, 11) is 0. The average molecular weight is 154 g/mol. The molecule has 11 heavy (non-hydrogen) atoms. The van der Waals surface area contributed by atoms with Gasteiger partial charge >= 0.3 is 0 Å². The molecule has 0 aliphatic heterocycles. The van der Waals surface area contributed by atoms with E-state index in [1.807, 2.05) is 0 Å². The second-order valence-corrected chi connectivity index (χ2v) is 4.07. The maximum atomic E-state index is 3.86. The third kappa shape index (κ3) is 3.60. The molecular formula is C11H22. The Morgan fingerprint density at radius 1 is 1.45 bits per heavy atom. The summed E-state index contributed by atoms with van der Waals surface area (Å²) >= 11 is 0. The van der Waals surface area contributed by atoms with Crippen LogP contribution in [0.1, 0.15) is 47.0 Å². The lowest BCUT2D eigenvalue weighted by Gasteiger charge is -2.28. The minimum atomic E-state index is 0.315. The van der Waals surface area contributed by atoms with Crippen molar-refractivity contribution in [3.63, 3.8) is 0 Å². The summed E-state index contributed by atoms with van der Waals surface area (Å²) in [4.78, 5) is 0. The van der Waals surface area contributed by atoms with E-state index in [9.17, 15) is 0 Å². The van der Waals surface area contributed by atoms with Crippen LogP contribution in [0.15, 0.2) is 12.7 Å². The lowest BCUT2D eigenvalue weighted by molar-refractivity contribution is 0.284. The molecule has 0 rings (SSSR count). The SMILES string of the molecule is C=CC(C)(C)C(C)CCCC. The number of allylic oxidation sites excluding steroid dienone is 1. The minimum Gasteiger partial charge on any atom is -0.103 e. The maximum Gasteiger partial charge on any atom is -0.0152 e. The second kappa shape index (κ2) is 4.58. The molecule has 0 aromatic heterocycles. The highest BCUT2D eigenvalue weighted by atomic mass is 14.3. The molecule has 1 unspecified atom stereocenters. The first-order valence-corrected chi connectivity index (χ1v) is 4.68. The summed E-state index contributed by atoms with van der Waals surface area (Å²) in [6.07, 6.45) is 6.05. The van der Waals surface area contributed by atoms with Crippen molar-refractivity contribution in [2.45, 2.75) is 47.0 Å². The van der Waals surface area contributed by atoms with E-state index in [1.165, 1.54) is 19.3 Å². The van der Waals surface area contributed by atoms with E-state index in [4.69, 9.17) is 0 Å². The molecular weight excluding hydrogens is 132 g/mol. The van der Waals surface area contributed by atoms with Crippen LogP contribution >= 0.6 is 0 Å². The quantitative estimate of drug-likeness (QED) is 0.524. The molecule has 0 N–H and O–H groups in total. The number of hydrogen-bond acceptors (Lipinski definition) is 0. The van der Waals surface area contributed by atoms with Gasteiger partial charge in [-0.1, -0.05) is 46.6 Å². The number of rotatable bonds is 5. The normalized spacial score (nSPS) is 14.5. The first-order chi connectivity index (χ1) is 5.04. The molecule has 0 heterocycles. The smallest absolute Gasteiger partial charge is 0.0152 e. The molecule has 0 bridgehead atoms. The Morgan fingerprint density at radius 3 is 2.36 bits per heavy atom. The largest absolute Gasteiger partial charge is 0.103 e. The van der Waals surface area contributed by atoms with Crippen molar-refractivity contribution in [1.82, 2.24) is 0 Å². The van der Waals surface area contributed by atoms with Crippen LogP contribution in [0.2, 0.25) is 0 Å². The Balaban J connectivity index is 3.80. The summed E-state index contributed by atoms with van der Waals surface area (Å²) in [5, 5.41) is 0. The molecule has 0 aromatic carbocycles. The predicted octanol–water partition coefficient (Wildman–Crippen LogP) is 4.02. The zero-order chi connectivity index (χ0) is 8.91. The monoisotopic (exact) mass is 154 g/mol. The molecule has 1 atom stereocenters. The van der Waals surface area contributed by atoms with Gasteiger partial charge in [0.25, 0.3) is 0 Å². The van der Waals surface area contributed by atoms with E-state index < -0.39 is 0 Å². The van der Waals surface area contributed by atoms with Gasteiger partial charge in [-0.05, 0) is 17.8 Å². The van der Waals surface area contributed by atoms with Gasteiger partial charge < -0.3 is 0 Å². The van der Waals surface area contributed by atoms with Gasteiger partial charge in [0.15, 0.2) is 0 Å². The van der Waals surface area contributed by atoms with E-state index in [0.717, 1.165) is 5.92 Å². The van der Waals surface area contributed by atoms with E-state index in [-0.39, 0.29) is 0 Å². The van der Waals surface area contributed by atoms with Crippen LogP contribution in [-0.2, 0) is 0 Å². The van der Waals surface area contributed by atoms with Gasteiger partial charge in [-0.3, -0.25) is 0 Å². The van der Waals surface area contributed by atoms with Gasteiger partial charge in [0, 0.05) is 0 Å². The fourth-order valence-electron chi connectivity index (χ4n) is 1.08. The van der Waals surface area contributed by atoms with Crippen LogP contribution in [0.25, 0.3) is 0 Å². The van der Waals surface area contributed by atoms with Crippen LogP contribution in [0.3, 0.4) is 0 Å². The second-order valence-electron chi connectivity index (χ2n) is 4.07. The predicted molar refractivity (Wildman–Crippen MR) is 52.7 cm³/mol. The topological polar surface area (TPSA) is 0 Å². The highest BCUT2D eigenvalue weighted by Crippen LogP contribution is 2.31. The first-order valence-electron chi connectivity index (χ1n) is 4.68. The molecule has 0 nitrogen and oxygen atoms in total. The van der Waals surface area contributed by atoms with E-state index in [1.54, 1.807) is 0 Å². The lowest BCUT2D eigenvalue weighted by atomic mass is 9.78. The molecule has 0 saturated heterocycles. The van der Waals surface area contributed by atoms with Crippen LogP contribution in [-0.4, -0.2) is 0 Å². The van der Waals surface area contributed by atoms with Gasteiger partial charge in [-0.2, -0.15) is 0 Å². The summed E-state index contributed by atoms with van der Waals surface area (Å²) in [5.74, 6) is 0.764. The Morgan fingerprint density at radius 2 is 2.00 bits per heavy atom. The molecule has 0 spiro atoms. The van der Waals surface area contributed by atoms with Gasteiger partial charge in [-0.15, -0.1) is 6.58 Å². The highest BCUT2D eigenvalue weighted by molar-refractivity contribution is 4.90. The van der Waals surface area contributed by atoms with Crippen LogP contribution in [0, 0.1) is 11.3 Å². The summed E-state index contributed by atoms with van der Waals surface area (Å²) in [6, 6.07) is 0. The van der Waals surface area contributed by atoms with Crippen molar-refractivity contribution in [3.05, 3.63) is 12.7 Å². The van der Waals surface area contributed by atoms with Crippen LogP contribution in [0.4, 0.5) is 0 Å². The van der Waals surface area contributed by atoms with Gasteiger partial charge in [-0.25, -0.2) is 0 Å². The minimum absolute atomic E-state index is 0.315. The molecule has 0 aliphatic rings. The summed E-state index contributed by atoms with van der Waals surface area (Å²) in [6.45, 7) is 13.0. The van der Waals surface area contributed by atoms with Gasteiger partial charge in [0.05, 0.1) is 0 Å². The Hall–Kier alpha value is -0.260. The third-order valence-electron chi connectivity index (χ3n) is 2.79. The van der Waals surface area contributed by atoms with Gasteiger partial charge in [0.2, 0.25) is 0 Å². The molecule has 0 fully saturated rings. The average Bonchev–Trinajstić information content (AvgIpc) is 2.00. The van der Waals surface area contributed by atoms with Crippen molar-refractivity contribution in [1.29, 1.82) is 0 Å². The summed E-state index contributed by atoms with van der Waals surface area (Å²) < 4.78 is 0. The molecule has 0 radical (unpaired) electrons. The Bertz CT molecular complexity index is 111. The first kappa shape index (κ1) is 10.7. The third-order valence-corrected chi connectivity index (χ3v) is 2.79. The fourth-order valence-corrected chi connectivity index (χ4v) is 1.08.